The van der Waals surface area contributed by atoms with Crippen LogP contribution in [0.25, 0.3) is 17.1 Å². The molecular formula is C26H28N4O3. The van der Waals surface area contributed by atoms with Gasteiger partial charge in [-0.25, -0.2) is 4.68 Å². The van der Waals surface area contributed by atoms with Gasteiger partial charge in [0, 0.05) is 12.7 Å². The Morgan fingerprint density at radius 2 is 1.82 bits per heavy atom. The van der Waals surface area contributed by atoms with Crippen LogP contribution in [-0.2, 0) is 0 Å². The third-order valence-electron chi connectivity index (χ3n) is 5.53. The zero-order chi connectivity index (χ0) is 23.4. The van der Waals surface area contributed by atoms with Gasteiger partial charge in [0.15, 0.2) is 5.76 Å². The minimum Gasteiger partial charge on any atom is -0.497 e. The van der Waals surface area contributed by atoms with Gasteiger partial charge in [0.1, 0.15) is 17.2 Å². The number of furan rings is 1. The number of likely N-dealkylation sites (N-methyl/N-ethyl adjacent to an activating group) is 1. The molecule has 4 aromatic rings. The van der Waals surface area contributed by atoms with Gasteiger partial charge in [0.25, 0.3) is 5.91 Å². The predicted molar refractivity (Wildman–Crippen MR) is 128 cm³/mol. The molecule has 7 nitrogen and oxygen atoms in total. The third-order valence-corrected chi connectivity index (χ3v) is 5.53. The summed E-state index contributed by atoms with van der Waals surface area (Å²) < 4.78 is 12.8. The number of aryl methyl sites for hydroxylation is 1. The van der Waals surface area contributed by atoms with Crippen molar-refractivity contribution in [2.24, 2.45) is 0 Å². The van der Waals surface area contributed by atoms with Gasteiger partial charge >= 0.3 is 0 Å². The number of hydrogen-bond acceptors (Lipinski definition) is 5. The zero-order valence-electron chi connectivity index (χ0n) is 19.3. The van der Waals surface area contributed by atoms with E-state index in [1.807, 2.05) is 87.7 Å². The highest BCUT2D eigenvalue weighted by atomic mass is 16.5. The van der Waals surface area contributed by atoms with Gasteiger partial charge in [0.05, 0.1) is 24.4 Å². The lowest BCUT2D eigenvalue weighted by Gasteiger charge is -2.25. The second-order valence-corrected chi connectivity index (χ2v) is 8.04. The van der Waals surface area contributed by atoms with E-state index in [-0.39, 0.29) is 11.9 Å². The molecule has 4 rings (SSSR count). The fraction of sp³-hybridized carbons (Fsp3) is 0.231. The SMILES string of the molecule is COc1ccc(C(CNC(=O)c2cn(-c3ccccc3)nc2-c2ccc(C)o2)N(C)C)cc1. The van der Waals surface area contributed by atoms with E-state index in [0.29, 0.717) is 23.6 Å². The van der Waals surface area contributed by atoms with Crippen LogP contribution in [0, 0.1) is 6.92 Å². The summed E-state index contributed by atoms with van der Waals surface area (Å²) in [4.78, 5) is 15.4. The average Bonchev–Trinajstić information content (AvgIpc) is 3.46. The Morgan fingerprint density at radius 1 is 1.09 bits per heavy atom. The first-order chi connectivity index (χ1) is 16.0. The Balaban J connectivity index is 1.60. The van der Waals surface area contributed by atoms with Crippen molar-refractivity contribution in [2.75, 3.05) is 27.7 Å². The molecule has 1 atom stereocenters. The lowest BCUT2D eigenvalue weighted by molar-refractivity contribution is 0.0942. The quantitative estimate of drug-likeness (QED) is 0.434. The van der Waals surface area contributed by atoms with Crippen LogP contribution in [-0.4, -0.2) is 48.3 Å². The molecule has 0 fully saturated rings. The molecule has 0 bridgehead atoms. The molecule has 0 aliphatic rings. The van der Waals surface area contributed by atoms with Gasteiger partial charge in [-0.05, 0) is 63.0 Å². The van der Waals surface area contributed by atoms with E-state index in [1.54, 1.807) is 18.0 Å². The van der Waals surface area contributed by atoms with Crippen molar-refractivity contribution in [3.8, 4) is 22.9 Å². The first kappa shape index (κ1) is 22.4. The Morgan fingerprint density at radius 3 is 2.42 bits per heavy atom. The summed E-state index contributed by atoms with van der Waals surface area (Å²) >= 11 is 0. The summed E-state index contributed by atoms with van der Waals surface area (Å²) in [6, 6.07) is 21.3. The zero-order valence-corrected chi connectivity index (χ0v) is 19.3. The van der Waals surface area contributed by atoms with Crippen molar-refractivity contribution >= 4 is 5.91 Å². The molecule has 0 saturated heterocycles. The van der Waals surface area contributed by atoms with E-state index < -0.39 is 0 Å². The van der Waals surface area contributed by atoms with E-state index in [1.165, 1.54) is 0 Å². The first-order valence-corrected chi connectivity index (χ1v) is 10.8. The van der Waals surface area contributed by atoms with Crippen LogP contribution in [0.1, 0.15) is 27.7 Å². The minimum absolute atomic E-state index is 0.00154. The van der Waals surface area contributed by atoms with E-state index in [9.17, 15) is 4.79 Å². The normalized spacial score (nSPS) is 12.0. The molecule has 2 aromatic carbocycles. The van der Waals surface area contributed by atoms with Crippen molar-refractivity contribution in [1.29, 1.82) is 0 Å². The van der Waals surface area contributed by atoms with Crippen molar-refractivity contribution in [3.63, 3.8) is 0 Å². The Bertz CT molecular complexity index is 1210. The van der Waals surface area contributed by atoms with E-state index >= 15 is 0 Å². The fourth-order valence-electron chi connectivity index (χ4n) is 3.71. The van der Waals surface area contributed by atoms with Crippen molar-refractivity contribution in [2.45, 2.75) is 13.0 Å². The smallest absolute Gasteiger partial charge is 0.255 e. The summed E-state index contributed by atoms with van der Waals surface area (Å²) in [7, 11) is 5.63. The number of carbonyl (C=O) groups excluding carboxylic acids is 1. The summed E-state index contributed by atoms with van der Waals surface area (Å²) in [5.74, 6) is 1.91. The van der Waals surface area contributed by atoms with Crippen LogP contribution in [0.2, 0.25) is 0 Å². The molecule has 0 radical (unpaired) electrons. The van der Waals surface area contributed by atoms with Gasteiger partial charge in [-0.1, -0.05) is 30.3 Å². The van der Waals surface area contributed by atoms with Gasteiger partial charge in [0.2, 0.25) is 0 Å². The van der Waals surface area contributed by atoms with Crippen molar-refractivity contribution < 1.29 is 13.9 Å². The minimum atomic E-state index is -0.207. The summed E-state index contributed by atoms with van der Waals surface area (Å²) in [6.45, 7) is 2.30. The number of rotatable bonds is 8. The number of ether oxygens (including phenoxy) is 1. The van der Waals surface area contributed by atoms with Crippen LogP contribution in [0.4, 0.5) is 0 Å². The highest BCUT2D eigenvalue weighted by molar-refractivity contribution is 5.99. The lowest BCUT2D eigenvalue weighted by Crippen LogP contribution is -2.34. The molecule has 1 N–H and O–H groups in total. The Kier molecular flexibility index (Phi) is 6.60. The summed E-state index contributed by atoms with van der Waals surface area (Å²) in [5, 5.41) is 7.74. The molecule has 1 amide bonds. The Labute approximate surface area is 193 Å². The van der Waals surface area contributed by atoms with Crippen molar-refractivity contribution in [1.82, 2.24) is 20.0 Å². The molecule has 170 valence electrons. The summed E-state index contributed by atoms with van der Waals surface area (Å²) in [5.41, 5.74) is 2.92. The molecule has 0 saturated carbocycles. The van der Waals surface area contributed by atoms with Crippen LogP contribution >= 0.6 is 0 Å². The summed E-state index contributed by atoms with van der Waals surface area (Å²) in [6.07, 6.45) is 1.75. The van der Waals surface area contributed by atoms with Gasteiger partial charge in [-0.2, -0.15) is 5.10 Å². The van der Waals surface area contributed by atoms with E-state index in [2.05, 4.69) is 15.3 Å². The standard InChI is InChI=1S/C26H28N4O3/c1-18-10-15-24(33-18)25-22(17-30(28-25)20-8-6-5-7-9-20)26(31)27-16-23(29(2)3)19-11-13-21(32-4)14-12-19/h5-15,17,23H,16H2,1-4H3,(H,27,31). The number of nitrogens with one attached hydrogen (secondary N) is 1. The molecule has 0 aliphatic carbocycles. The highest BCUT2D eigenvalue weighted by Gasteiger charge is 2.22. The number of benzene rings is 2. The Hall–Kier alpha value is -3.84. The van der Waals surface area contributed by atoms with Gasteiger partial charge in [-0.15, -0.1) is 0 Å². The lowest BCUT2D eigenvalue weighted by atomic mass is 10.1. The van der Waals surface area contributed by atoms with Crippen LogP contribution in [0.5, 0.6) is 5.75 Å². The fourth-order valence-corrected chi connectivity index (χ4v) is 3.71. The second kappa shape index (κ2) is 9.75. The molecule has 0 aliphatic heterocycles. The van der Waals surface area contributed by atoms with Crippen LogP contribution in [0.15, 0.2) is 77.3 Å². The highest BCUT2D eigenvalue weighted by Crippen LogP contribution is 2.26. The predicted octanol–water partition coefficient (Wildman–Crippen LogP) is 4.48. The number of amides is 1. The van der Waals surface area contributed by atoms with Crippen molar-refractivity contribution in [3.05, 3.63) is 89.8 Å². The number of para-hydroxylation sites is 1. The molecule has 1 unspecified atom stereocenters. The number of methoxy groups -OCH3 is 1. The van der Waals surface area contributed by atoms with E-state index in [4.69, 9.17) is 9.15 Å². The topological polar surface area (TPSA) is 72.5 Å². The monoisotopic (exact) mass is 444 g/mol. The van der Waals surface area contributed by atoms with E-state index in [0.717, 1.165) is 22.8 Å². The third kappa shape index (κ3) is 4.99. The average molecular weight is 445 g/mol. The second-order valence-electron chi connectivity index (χ2n) is 8.04. The van der Waals surface area contributed by atoms with Crippen LogP contribution in [0.3, 0.4) is 0 Å². The molecule has 2 heterocycles. The number of carbonyl (C=O) groups is 1. The molecule has 7 heteroatoms. The number of aromatic nitrogens is 2. The van der Waals surface area contributed by atoms with Crippen LogP contribution < -0.4 is 10.1 Å². The first-order valence-electron chi connectivity index (χ1n) is 10.8. The molecule has 2 aromatic heterocycles. The number of nitrogens with zero attached hydrogens (tertiary/aromatic N) is 3. The maximum absolute atomic E-state index is 13.3. The molecular weight excluding hydrogens is 416 g/mol. The molecule has 33 heavy (non-hydrogen) atoms. The van der Waals surface area contributed by atoms with Gasteiger partial charge < -0.3 is 19.4 Å². The van der Waals surface area contributed by atoms with Gasteiger partial charge in [-0.3, -0.25) is 4.79 Å². The molecule has 0 spiro atoms. The maximum atomic E-state index is 13.3. The largest absolute Gasteiger partial charge is 0.497 e. The number of hydrogen-bond donors (Lipinski definition) is 1. The maximum Gasteiger partial charge on any atom is 0.255 e.